The average molecular weight is 149 g/mol. The van der Waals surface area contributed by atoms with Gasteiger partial charge in [0, 0.05) is 25.2 Å². The summed E-state index contributed by atoms with van der Waals surface area (Å²) in [6.45, 7) is 1.88. The Kier molecular flexibility index (Phi) is 2.78. The molecule has 0 fully saturated rings. The van der Waals surface area contributed by atoms with Crippen LogP contribution < -0.4 is 0 Å². The molecule has 1 aromatic heterocycles. The van der Waals surface area contributed by atoms with Crippen molar-refractivity contribution in [1.29, 1.82) is 0 Å². The zero-order chi connectivity index (χ0) is 8.10. The average Bonchev–Trinajstić information content (AvgIpc) is 2.06. The third kappa shape index (κ3) is 2.50. The maximum absolute atomic E-state index is 11.0. The van der Waals surface area contributed by atoms with Gasteiger partial charge in [-0.1, -0.05) is 6.92 Å². The monoisotopic (exact) mass is 149 g/mol. The summed E-state index contributed by atoms with van der Waals surface area (Å²) >= 11 is 0. The molecule has 0 atom stereocenters. The van der Waals surface area contributed by atoms with Crippen LogP contribution in [0.1, 0.15) is 18.9 Å². The van der Waals surface area contributed by atoms with Crippen molar-refractivity contribution < 1.29 is 4.79 Å². The third-order valence-corrected chi connectivity index (χ3v) is 1.54. The van der Waals surface area contributed by atoms with Crippen molar-refractivity contribution >= 4 is 5.78 Å². The Labute approximate surface area is 66.3 Å². The van der Waals surface area contributed by atoms with E-state index in [-0.39, 0.29) is 5.78 Å². The van der Waals surface area contributed by atoms with E-state index >= 15 is 0 Å². The van der Waals surface area contributed by atoms with Crippen LogP contribution in [0, 0.1) is 0 Å². The van der Waals surface area contributed by atoms with Crippen LogP contribution in [0.2, 0.25) is 0 Å². The number of hydrogen-bond acceptors (Lipinski definition) is 2. The Balaban J connectivity index is 2.58. The van der Waals surface area contributed by atoms with Gasteiger partial charge < -0.3 is 0 Å². The van der Waals surface area contributed by atoms with Gasteiger partial charge in [0.2, 0.25) is 0 Å². The first kappa shape index (κ1) is 7.92. The highest BCUT2D eigenvalue weighted by Crippen LogP contribution is 1.99. The topological polar surface area (TPSA) is 30.0 Å². The highest BCUT2D eigenvalue weighted by molar-refractivity contribution is 5.80. The number of pyridine rings is 1. The van der Waals surface area contributed by atoms with E-state index in [0.717, 1.165) is 5.56 Å². The van der Waals surface area contributed by atoms with E-state index in [1.807, 2.05) is 19.1 Å². The zero-order valence-electron chi connectivity index (χ0n) is 6.58. The number of aromatic nitrogens is 1. The molecule has 0 spiro atoms. The van der Waals surface area contributed by atoms with Crippen LogP contribution in [0.15, 0.2) is 24.5 Å². The minimum atomic E-state index is 0.274. The van der Waals surface area contributed by atoms with Crippen molar-refractivity contribution in [2.24, 2.45) is 0 Å². The van der Waals surface area contributed by atoms with Crippen molar-refractivity contribution in [2.75, 3.05) is 0 Å². The van der Waals surface area contributed by atoms with Gasteiger partial charge in [0.25, 0.3) is 0 Å². The fourth-order valence-electron chi connectivity index (χ4n) is 0.853. The second-order valence-corrected chi connectivity index (χ2v) is 2.42. The van der Waals surface area contributed by atoms with E-state index in [2.05, 4.69) is 4.98 Å². The first-order valence-corrected chi connectivity index (χ1v) is 3.73. The normalized spacial score (nSPS) is 9.55. The Bertz CT molecular complexity index is 231. The number of rotatable bonds is 3. The van der Waals surface area contributed by atoms with E-state index < -0.39 is 0 Å². The van der Waals surface area contributed by atoms with Gasteiger partial charge in [0.1, 0.15) is 5.78 Å². The van der Waals surface area contributed by atoms with Gasteiger partial charge in [-0.25, -0.2) is 0 Å². The van der Waals surface area contributed by atoms with E-state index in [1.54, 1.807) is 12.4 Å². The minimum Gasteiger partial charge on any atom is -0.299 e. The number of nitrogens with zero attached hydrogens (tertiary/aromatic N) is 1. The minimum absolute atomic E-state index is 0.274. The van der Waals surface area contributed by atoms with Crippen molar-refractivity contribution in [3.05, 3.63) is 30.1 Å². The molecule has 1 aromatic rings. The number of Topliss-reactive ketones (excluding diaryl/α,β-unsaturated/α-hetero) is 1. The molecule has 2 nitrogen and oxygen atoms in total. The van der Waals surface area contributed by atoms with Gasteiger partial charge in [0.15, 0.2) is 0 Å². The summed E-state index contributed by atoms with van der Waals surface area (Å²) in [6.07, 6.45) is 4.57. The molecule has 0 saturated carbocycles. The van der Waals surface area contributed by atoms with E-state index in [0.29, 0.717) is 12.8 Å². The molecule has 0 bridgehead atoms. The lowest BCUT2D eigenvalue weighted by Crippen LogP contribution is -1.99. The second kappa shape index (κ2) is 3.86. The van der Waals surface area contributed by atoms with Crippen LogP contribution in [-0.4, -0.2) is 10.8 Å². The molecule has 0 N–H and O–H groups in total. The highest BCUT2D eigenvalue weighted by atomic mass is 16.1. The molecular formula is C9H11NO. The smallest absolute Gasteiger partial charge is 0.136 e. The quantitative estimate of drug-likeness (QED) is 0.653. The van der Waals surface area contributed by atoms with Gasteiger partial charge in [-0.05, 0) is 17.7 Å². The van der Waals surface area contributed by atoms with Crippen molar-refractivity contribution in [1.82, 2.24) is 4.98 Å². The van der Waals surface area contributed by atoms with Gasteiger partial charge >= 0.3 is 0 Å². The molecule has 0 radical (unpaired) electrons. The van der Waals surface area contributed by atoms with Crippen LogP contribution in [-0.2, 0) is 11.2 Å². The van der Waals surface area contributed by atoms with Crippen molar-refractivity contribution in [3.8, 4) is 0 Å². The van der Waals surface area contributed by atoms with Gasteiger partial charge in [0.05, 0.1) is 0 Å². The molecule has 0 aliphatic rings. The molecule has 1 rings (SSSR count). The molecule has 0 aliphatic carbocycles. The molecule has 58 valence electrons. The molecule has 1 heterocycles. The van der Waals surface area contributed by atoms with Crippen LogP contribution >= 0.6 is 0 Å². The number of carbonyl (C=O) groups excluding carboxylic acids is 1. The summed E-state index contributed by atoms with van der Waals surface area (Å²) in [5.74, 6) is 0.274. The Morgan fingerprint density at radius 3 is 2.64 bits per heavy atom. The Hall–Kier alpha value is -1.18. The predicted octanol–water partition coefficient (Wildman–Crippen LogP) is 1.60. The molecule has 0 aromatic carbocycles. The van der Waals surface area contributed by atoms with Crippen LogP contribution in [0.5, 0.6) is 0 Å². The van der Waals surface area contributed by atoms with E-state index in [9.17, 15) is 4.79 Å². The van der Waals surface area contributed by atoms with Crippen LogP contribution in [0.4, 0.5) is 0 Å². The molecule has 11 heavy (non-hydrogen) atoms. The molecule has 0 aliphatic heterocycles. The molecule has 0 saturated heterocycles. The summed E-state index contributed by atoms with van der Waals surface area (Å²) in [6, 6.07) is 3.74. The van der Waals surface area contributed by atoms with Gasteiger partial charge in [-0.3, -0.25) is 9.78 Å². The van der Waals surface area contributed by atoms with Crippen LogP contribution in [0.25, 0.3) is 0 Å². The third-order valence-electron chi connectivity index (χ3n) is 1.54. The van der Waals surface area contributed by atoms with Crippen molar-refractivity contribution in [3.63, 3.8) is 0 Å². The highest BCUT2D eigenvalue weighted by Gasteiger charge is 1.98. The van der Waals surface area contributed by atoms with E-state index in [1.165, 1.54) is 0 Å². The fourth-order valence-corrected chi connectivity index (χ4v) is 0.853. The summed E-state index contributed by atoms with van der Waals surface area (Å²) in [5.41, 5.74) is 1.05. The number of carbonyl (C=O) groups is 1. The predicted molar refractivity (Wildman–Crippen MR) is 43.2 cm³/mol. The summed E-state index contributed by atoms with van der Waals surface area (Å²) in [4.78, 5) is 14.8. The molecule has 2 heteroatoms. The van der Waals surface area contributed by atoms with Gasteiger partial charge in [-0.15, -0.1) is 0 Å². The summed E-state index contributed by atoms with van der Waals surface area (Å²) in [5, 5.41) is 0. The maximum atomic E-state index is 11.0. The second-order valence-electron chi connectivity index (χ2n) is 2.42. The maximum Gasteiger partial charge on any atom is 0.136 e. The molecular weight excluding hydrogens is 138 g/mol. The Morgan fingerprint density at radius 2 is 2.09 bits per heavy atom. The first-order valence-electron chi connectivity index (χ1n) is 3.73. The lowest BCUT2D eigenvalue weighted by atomic mass is 10.1. The summed E-state index contributed by atoms with van der Waals surface area (Å²) < 4.78 is 0. The van der Waals surface area contributed by atoms with Crippen LogP contribution in [0.3, 0.4) is 0 Å². The standard InChI is InChI=1S/C9H11NO/c1-2-9(11)7-8-3-5-10-6-4-8/h3-6H,2,7H2,1H3. The molecule has 0 amide bonds. The zero-order valence-corrected chi connectivity index (χ0v) is 6.58. The summed E-state index contributed by atoms with van der Waals surface area (Å²) in [7, 11) is 0. The SMILES string of the molecule is CCC(=O)Cc1ccncc1. The largest absolute Gasteiger partial charge is 0.299 e. The van der Waals surface area contributed by atoms with Crippen molar-refractivity contribution in [2.45, 2.75) is 19.8 Å². The Morgan fingerprint density at radius 1 is 1.45 bits per heavy atom. The van der Waals surface area contributed by atoms with Gasteiger partial charge in [-0.2, -0.15) is 0 Å². The number of hydrogen-bond donors (Lipinski definition) is 0. The molecule has 0 unspecified atom stereocenters. The lowest BCUT2D eigenvalue weighted by molar-refractivity contribution is -0.118. The number of ketones is 1. The fraction of sp³-hybridized carbons (Fsp3) is 0.333. The van der Waals surface area contributed by atoms with E-state index in [4.69, 9.17) is 0 Å². The first-order chi connectivity index (χ1) is 5.33. The lowest BCUT2D eigenvalue weighted by Gasteiger charge is -1.95.